The number of nitrogens with zero attached hydrogens (tertiary/aromatic N) is 1. The lowest BCUT2D eigenvalue weighted by Crippen LogP contribution is -2.51. The van der Waals surface area contributed by atoms with Crippen LogP contribution in [0.4, 0.5) is 0 Å². The van der Waals surface area contributed by atoms with Gasteiger partial charge in [0.15, 0.2) is 0 Å². The van der Waals surface area contributed by atoms with E-state index in [9.17, 15) is 0 Å². The second kappa shape index (κ2) is 6.23. The number of rotatable bonds is 3. The number of alkyl halides is 1. The molecule has 2 aliphatic rings. The first-order chi connectivity index (χ1) is 10.5. The topological polar surface area (TPSA) is 21.7 Å². The van der Waals surface area contributed by atoms with Crippen molar-refractivity contribution in [2.24, 2.45) is 11.8 Å². The molecule has 0 unspecified atom stereocenters. The van der Waals surface area contributed by atoms with E-state index in [1.54, 1.807) is 0 Å². The molecule has 1 aromatic rings. The van der Waals surface area contributed by atoms with Gasteiger partial charge in [-0.3, -0.25) is 0 Å². The summed E-state index contributed by atoms with van der Waals surface area (Å²) in [5.41, 5.74) is 1.23. The molecular formula is C18H26BrNO2. The molecular weight excluding hydrogens is 342 g/mol. The van der Waals surface area contributed by atoms with Gasteiger partial charge in [-0.25, -0.2) is 4.90 Å². The van der Waals surface area contributed by atoms with Gasteiger partial charge in [0.2, 0.25) is 5.91 Å². The molecule has 0 aliphatic carbocycles. The maximum absolute atomic E-state index is 6.61. The van der Waals surface area contributed by atoms with Crippen LogP contribution in [-0.4, -0.2) is 35.3 Å². The molecule has 3 rings (SSSR count). The Balaban J connectivity index is 1.93. The number of benzene rings is 1. The number of hydrogen-bond donors (Lipinski definition) is 0. The van der Waals surface area contributed by atoms with Crippen molar-refractivity contribution in [1.29, 1.82) is 0 Å². The van der Waals surface area contributed by atoms with Crippen LogP contribution in [-0.2, 0) is 9.47 Å². The zero-order valence-corrected chi connectivity index (χ0v) is 15.4. The minimum absolute atomic E-state index is 0.0570. The fraction of sp³-hybridized carbons (Fsp3) is 0.667. The summed E-state index contributed by atoms with van der Waals surface area (Å²) in [6.45, 7) is 6.77. The fourth-order valence-corrected chi connectivity index (χ4v) is 4.29. The fourth-order valence-electron chi connectivity index (χ4n) is 3.89. The minimum atomic E-state index is -0.591. The monoisotopic (exact) mass is 367 g/mol. The second-order valence-electron chi connectivity index (χ2n) is 6.91. The Morgan fingerprint density at radius 2 is 1.95 bits per heavy atom. The van der Waals surface area contributed by atoms with Crippen LogP contribution in [0.25, 0.3) is 0 Å². The smallest absolute Gasteiger partial charge is 0.234 e. The van der Waals surface area contributed by atoms with Gasteiger partial charge in [-0.2, -0.15) is 0 Å². The van der Waals surface area contributed by atoms with Gasteiger partial charge in [0, 0.05) is 17.3 Å². The molecule has 0 amide bonds. The molecule has 1 aromatic carbocycles. The predicted molar refractivity (Wildman–Crippen MR) is 91.8 cm³/mol. The lowest BCUT2D eigenvalue weighted by Gasteiger charge is -2.38. The van der Waals surface area contributed by atoms with E-state index in [0.29, 0.717) is 11.8 Å². The molecule has 4 heteroatoms. The molecule has 1 spiro atoms. The van der Waals surface area contributed by atoms with Crippen molar-refractivity contribution in [2.75, 3.05) is 12.4 Å². The number of ether oxygens (including phenoxy) is 2. The van der Waals surface area contributed by atoms with Crippen LogP contribution >= 0.6 is 15.9 Å². The Hall–Kier alpha value is -0.420. The van der Waals surface area contributed by atoms with Gasteiger partial charge >= 0.3 is 0 Å². The molecule has 0 N–H and O–H groups in total. The highest BCUT2D eigenvalue weighted by molar-refractivity contribution is 9.09. The van der Waals surface area contributed by atoms with Crippen LogP contribution in [0, 0.1) is 11.8 Å². The third-order valence-corrected chi connectivity index (χ3v) is 5.98. The van der Waals surface area contributed by atoms with Crippen LogP contribution in [0.5, 0.6) is 0 Å². The summed E-state index contributed by atoms with van der Waals surface area (Å²) in [6, 6.07) is 10.8. The summed E-state index contributed by atoms with van der Waals surface area (Å²) in [4.78, 5) is 2.30. The predicted octanol–water partition coefficient (Wildman–Crippen LogP) is 4.19. The largest absolute Gasteiger partial charge is 0.333 e. The average molecular weight is 368 g/mol. The van der Waals surface area contributed by atoms with Gasteiger partial charge in [0.1, 0.15) is 6.10 Å². The Kier molecular flexibility index (Phi) is 4.66. The van der Waals surface area contributed by atoms with E-state index >= 15 is 0 Å². The lowest BCUT2D eigenvalue weighted by atomic mass is 9.89. The molecule has 0 bridgehead atoms. The standard InChI is InChI=1S/C18H26BrNO2/c1-12(2)16-10-15(11-19)21-18(16)20(4)13(3)17(22-18)14-8-6-5-7-9-14/h5-9,12-13,15-17H,10-11H2,1-4H3/t13-,15-,16+,17+,18+/m1/s1. The van der Waals surface area contributed by atoms with Gasteiger partial charge in [-0.05, 0) is 31.9 Å². The van der Waals surface area contributed by atoms with Crippen molar-refractivity contribution >= 4 is 15.9 Å². The summed E-state index contributed by atoms with van der Waals surface area (Å²) in [6.07, 6.45) is 1.32. The van der Waals surface area contributed by atoms with Crippen molar-refractivity contribution < 1.29 is 9.47 Å². The summed E-state index contributed by atoms with van der Waals surface area (Å²) < 4.78 is 13.0. The highest BCUT2D eigenvalue weighted by Gasteiger charge is 2.60. The summed E-state index contributed by atoms with van der Waals surface area (Å²) >= 11 is 3.58. The van der Waals surface area contributed by atoms with E-state index in [1.807, 2.05) is 6.07 Å². The van der Waals surface area contributed by atoms with Crippen LogP contribution in [0.1, 0.15) is 38.9 Å². The lowest BCUT2D eigenvalue weighted by molar-refractivity contribution is -0.292. The molecule has 5 atom stereocenters. The van der Waals surface area contributed by atoms with E-state index in [-0.39, 0.29) is 18.2 Å². The summed E-state index contributed by atoms with van der Waals surface area (Å²) in [5, 5.41) is 0.861. The van der Waals surface area contributed by atoms with Gasteiger partial charge < -0.3 is 9.47 Å². The third kappa shape index (κ3) is 2.54. The van der Waals surface area contributed by atoms with Crippen molar-refractivity contribution in [2.45, 2.75) is 51.4 Å². The van der Waals surface area contributed by atoms with Crippen LogP contribution in [0.3, 0.4) is 0 Å². The van der Waals surface area contributed by atoms with Crippen molar-refractivity contribution in [1.82, 2.24) is 4.90 Å². The van der Waals surface area contributed by atoms with Gasteiger partial charge in [0.05, 0.1) is 6.10 Å². The highest BCUT2D eigenvalue weighted by atomic mass is 79.9. The number of halogens is 1. The normalized spacial score (nSPS) is 39.2. The maximum atomic E-state index is 6.61. The second-order valence-corrected chi connectivity index (χ2v) is 7.56. The maximum Gasteiger partial charge on any atom is 0.234 e. The van der Waals surface area contributed by atoms with E-state index in [0.717, 1.165) is 11.8 Å². The van der Waals surface area contributed by atoms with Crippen molar-refractivity contribution in [3.63, 3.8) is 0 Å². The first-order valence-electron chi connectivity index (χ1n) is 8.19. The van der Waals surface area contributed by atoms with Crippen molar-refractivity contribution in [3.05, 3.63) is 35.9 Å². The number of hydrogen-bond acceptors (Lipinski definition) is 3. The van der Waals surface area contributed by atoms with E-state index in [4.69, 9.17) is 9.47 Å². The zero-order chi connectivity index (χ0) is 15.9. The minimum Gasteiger partial charge on any atom is -0.333 e. The van der Waals surface area contributed by atoms with E-state index in [1.165, 1.54) is 5.56 Å². The Morgan fingerprint density at radius 3 is 2.55 bits per heavy atom. The van der Waals surface area contributed by atoms with Gasteiger partial charge in [-0.1, -0.05) is 60.1 Å². The Bertz CT molecular complexity index is 509. The van der Waals surface area contributed by atoms with Gasteiger partial charge in [-0.15, -0.1) is 0 Å². The van der Waals surface area contributed by atoms with Crippen LogP contribution < -0.4 is 0 Å². The summed E-state index contributed by atoms with van der Waals surface area (Å²) in [5.74, 6) is 0.316. The number of likely N-dealkylation sites (N-methyl/N-ethyl adjacent to an activating group) is 1. The Morgan fingerprint density at radius 1 is 1.27 bits per heavy atom. The van der Waals surface area contributed by atoms with E-state index < -0.39 is 5.91 Å². The molecule has 22 heavy (non-hydrogen) atoms. The first kappa shape index (κ1) is 16.4. The molecule has 0 saturated carbocycles. The Labute approximate surface area is 142 Å². The third-order valence-electron chi connectivity index (χ3n) is 5.26. The molecule has 2 saturated heterocycles. The SMILES string of the molecule is CC(C)[C@@H]1C[C@H](CBr)O[C@]12O[C@H](c1ccccc1)[C@@H](C)N2C. The van der Waals surface area contributed by atoms with Crippen LogP contribution in [0.15, 0.2) is 30.3 Å². The highest BCUT2D eigenvalue weighted by Crippen LogP contribution is 2.52. The quantitative estimate of drug-likeness (QED) is 0.747. The molecule has 122 valence electrons. The molecule has 0 radical (unpaired) electrons. The first-order valence-corrected chi connectivity index (χ1v) is 9.31. The average Bonchev–Trinajstić information content (AvgIpc) is 3.02. The molecule has 2 aliphatic heterocycles. The van der Waals surface area contributed by atoms with E-state index in [2.05, 4.69) is 72.9 Å². The van der Waals surface area contributed by atoms with Crippen LogP contribution in [0.2, 0.25) is 0 Å². The molecule has 3 nitrogen and oxygen atoms in total. The zero-order valence-electron chi connectivity index (χ0n) is 13.8. The molecule has 0 aromatic heterocycles. The molecule has 2 heterocycles. The summed E-state index contributed by atoms with van der Waals surface area (Å²) in [7, 11) is 2.14. The van der Waals surface area contributed by atoms with Crippen molar-refractivity contribution in [3.8, 4) is 0 Å². The van der Waals surface area contributed by atoms with Gasteiger partial charge in [0.25, 0.3) is 0 Å². The molecule has 2 fully saturated rings.